The summed E-state index contributed by atoms with van der Waals surface area (Å²) in [5, 5.41) is -4.63. The van der Waals surface area contributed by atoms with Gasteiger partial charge in [0.2, 0.25) is 0 Å². The van der Waals surface area contributed by atoms with Crippen molar-refractivity contribution in [2.24, 2.45) is 0 Å². The van der Waals surface area contributed by atoms with E-state index in [9.17, 15) is 25.6 Å². The first kappa shape index (κ1) is 12.7. The molecular formula is C3H6F2O6S2. The maximum Gasteiger partial charge on any atom is 0.393 e. The first-order chi connectivity index (χ1) is 5.46. The molecule has 0 radical (unpaired) electrons. The summed E-state index contributed by atoms with van der Waals surface area (Å²) in [5.74, 6) is 0. The monoisotopic (exact) mass is 240 g/mol. The maximum absolute atomic E-state index is 12.2. The van der Waals surface area contributed by atoms with Crippen molar-refractivity contribution in [3.8, 4) is 0 Å². The third-order valence-corrected chi connectivity index (χ3v) is 2.24. The van der Waals surface area contributed by atoms with Crippen LogP contribution >= 0.6 is 0 Å². The van der Waals surface area contributed by atoms with Crippen LogP contribution in [0.3, 0.4) is 0 Å². The molecule has 0 unspecified atom stereocenters. The Balaban J connectivity index is 4.57. The molecule has 0 fully saturated rings. The van der Waals surface area contributed by atoms with Gasteiger partial charge in [-0.15, -0.1) is 0 Å². The smallest absolute Gasteiger partial charge is 0.281 e. The lowest BCUT2D eigenvalue weighted by Crippen LogP contribution is -2.34. The Hall–Kier alpha value is -0.320. The van der Waals surface area contributed by atoms with Crippen molar-refractivity contribution < 1.29 is 34.4 Å². The second kappa shape index (κ2) is 3.44. The topological polar surface area (TPSA) is 97.7 Å². The SMILES string of the molecule is CS(=O)(=O)OCC(F)(F)S(=O)(=O)O. The normalized spacial score (nSPS) is 14.5. The van der Waals surface area contributed by atoms with E-state index in [2.05, 4.69) is 4.18 Å². The van der Waals surface area contributed by atoms with E-state index in [4.69, 9.17) is 4.55 Å². The van der Waals surface area contributed by atoms with Gasteiger partial charge in [0.05, 0.1) is 6.26 Å². The quantitative estimate of drug-likeness (QED) is 0.522. The number of rotatable bonds is 4. The highest BCUT2D eigenvalue weighted by atomic mass is 32.2. The van der Waals surface area contributed by atoms with Gasteiger partial charge in [-0.2, -0.15) is 25.6 Å². The Morgan fingerprint density at radius 1 is 1.31 bits per heavy atom. The van der Waals surface area contributed by atoms with Gasteiger partial charge in [0, 0.05) is 0 Å². The van der Waals surface area contributed by atoms with Crippen LogP contribution in [0.1, 0.15) is 0 Å². The molecule has 0 aliphatic heterocycles. The van der Waals surface area contributed by atoms with Gasteiger partial charge in [0.25, 0.3) is 10.1 Å². The highest BCUT2D eigenvalue weighted by Crippen LogP contribution is 2.20. The van der Waals surface area contributed by atoms with E-state index in [1.807, 2.05) is 0 Å². The van der Waals surface area contributed by atoms with Crippen LogP contribution in [0.2, 0.25) is 0 Å². The van der Waals surface area contributed by atoms with Crippen molar-refractivity contribution in [3.05, 3.63) is 0 Å². The molecule has 13 heavy (non-hydrogen) atoms. The fourth-order valence-electron chi connectivity index (χ4n) is 0.250. The van der Waals surface area contributed by atoms with Gasteiger partial charge in [-0.3, -0.25) is 8.74 Å². The Morgan fingerprint density at radius 2 is 1.69 bits per heavy atom. The maximum atomic E-state index is 12.2. The summed E-state index contributed by atoms with van der Waals surface area (Å²) in [4.78, 5) is 0. The van der Waals surface area contributed by atoms with Crippen LogP contribution in [0, 0.1) is 0 Å². The van der Waals surface area contributed by atoms with Crippen LogP contribution in [0.5, 0.6) is 0 Å². The van der Waals surface area contributed by atoms with Crippen LogP contribution < -0.4 is 0 Å². The molecule has 0 heterocycles. The van der Waals surface area contributed by atoms with E-state index in [-0.39, 0.29) is 0 Å². The van der Waals surface area contributed by atoms with Crippen molar-refractivity contribution in [2.75, 3.05) is 12.9 Å². The minimum atomic E-state index is -5.65. The average molecular weight is 240 g/mol. The molecule has 6 nitrogen and oxygen atoms in total. The van der Waals surface area contributed by atoms with Gasteiger partial charge in [-0.25, -0.2) is 0 Å². The molecule has 0 rings (SSSR count). The van der Waals surface area contributed by atoms with Gasteiger partial charge >= 0.3 is 15.4 Å². The first-order valence-electron chi connectivity index (χ1n) is 2.65. The standard InChI is InChI=1S/C3H6F2O6S2/c1-12(6,7)11-2-3(4,5)13(8,9)10/h2H2,1H3,(H,8,9,10). The van der Waals surface area contributed by atoms with Crippen molar-refractivity contribution >= 4 is 20.2 Å². The highest BCUT2D eigenvalue weighted by molar-refractivity contribution is 7.87. The van der Waals surface area contributed by atoms with Crippen LogP contribution in [0.25, 0.3) is 0 Å². The Kier molecular flexibility index (Phi) is 3.36. The molecule has 1 N–H and O–H groups in total. The number of hydrogen-bond acceptors (Lipinski definition) is 5. The Morgan fingerprint density at radius 3 is 1.92 bits per heavy atom. The van der Waals surface area contributed by atoms with E-state index in [1.165, 1.54) is 0 Å². The summed E-state index contributed by atoms with van der Waals surface area (Å²) < 4.78 is 76.0. The predicted octanol–water partition coefficient (Wildman–Crippen LogP) is -0.557. The van der Waals surface area contributed by atoms with E-state index >= 15 is 0 Å². The zero-order valence-corrected chi connectivity index (χ0v) is 7.90. The zero-order valence-electron chi connectivity index (χ0n) is 6.27. The molecule has 0 aliphatic carbocycles. The second-order valence-electron chi connectivity index (χ2n) is 2.08. The van der Waals surface area contributed by atoms with Crippen molar-refractivity contribution in [3.63, 3.8) is 0 Å². The molecule has 0 bridgehead atoms. The van der Waals surface area contributed by atoms with Crippen molar-refractivity contribution in [2.45, 2.75) is 5.25 Å². The molecule has 0 atom stereocenters. The van der Waals surface area contributed by atoms with Gasteiger partial charge in [-0.1, -0.05) is 0 Å². The van der Waals surface area contributed by atoms with Crippen LogP contribution in [-0.2, 0) is 24.4 Å². The number of halogens is 2. The van der Waals surface area contributed by atoms with E-state index < -0.39 is 32.1 Å². The molecule has 0 aromatic carbocycles. The van der Waals surface area contributed by atoms with Crippen LogP contribution in [-0.4, -0.2) is 39.5 Å². The lowest BCUT2D eigenvalue weighted by atomic mass is 10.8. The summed E-state index contributed by atoms with van der Waals surface area (Å²) in [6.07, 6.45) is 0.465. The third kappa shape index (κ3) is 4.45. The molecule has 0 saturated heterocycles. The van der Waals surface area contributed by atoms with Crippen LogP contribution in [0.4, 0.5) is 8.78 Å². The Bertz CT molecular complexity index is 367. The molecule has 0 spiro atoms. The molecule has 0 amide bonds. The molecule has 0 saturated carbocycles. The summed E-state index contributed by atoms with van der Waals surface area (Å²) in [7, 11) is -9.82. The fourth-order valence-corrected chi connectivity index (χ4v) is 0.895. The van der Waals surface area contributed by atoms with Crippen molar-refractivity contribution in [1.29, 1.82) is 0 Å². The number of hydrogen-bond donors (Lipinski definition) is 1. The highest BCUT2D eigenvalue weighted by Gasteiger charge is 2.45. The molecule has 80 valence electrons. The molecule has 10 heteroatoms. The Labute approximate surface area is 73.4 Å². The lowest BCUT2D eigenvalue weighted by Gasteiger charge is -2.11. The van der Waals surface area contributed by atoms with E-state index in [0.29, 0.717) is 6.26 Å². The largest absolute Gasteiger partial charge is 0.393 e. The van der Waals surface area contributed by atoms with Gasteiger partial charge < -0.3 is 0 Å². The van der Waals surface area contributed by atoms with Crippen molar-refractivity contribution in [1.82, 2.24) is 0 Å². The molecule has 0 aliphatic rings. The third-order valence-electron chi connectivity index (χ3n) is 0.818. The fraction of sp³-hybridized carbons (Fsp3) is 1.00. The van der Waals surface area contributed by atoms with Gasteiger partial charge in [0.15, 0.2) is 0 Å². The molecule has 0 aromatic heterocycles. The summed E-state index contributed by atoms with van der Waals surface area (Å²) in [6.45, 7) is -1.94. The number of alkyl halides is 2. The molecular weight excluding hydrogens is 234 g/mol. The van der Waals surface area contributed by atoms with E-state index in [0.717, 1.165) is 0 Å². The summed E-state index contributed by atoms with van der Waals surface area (Å²) in [6, 6.07) is 0. The predicted molar refractivity (Wildman–Crippen MR) is 37.3 cm³/mol. The first-order valence-corrected chi connectivity index (χ1v) is 5.91. The minimum Gasteiger partial charge on any atom is -0.281 e. The molecule has 0 aromatic rings. The van der Waals surface area contributed by atoms with Gasteiger partial charge in [-0.05, 0) is 0 Å². The average Bonchev–Trinajstić information content (AvgIpc) is 1.79. The van der Waals surface area contributed by atoms with Gasteiger partial charge in [0.1, 0.15) is 6.61 Å². The summed E-state index contributed by atoms with van der Waals surface area (Å²) in [5.41, 5.74) is 0. The minimum absolute atomic E-state index is 0.465. The van der Waals surface area contributed by atoms with E-state index in [1.54, 1.807) is 0 Å². The van der Waals surface area contributed by atoms with Crippen LogP contribution in [0.15, 0.2) is 0 Å². The second-order valence-corrected chi connectivity index (χ2v) is 5.27. The zero-order chi connectivity index (χ0) is 10.9. The summed E-state index contributed by atoms with van der Waals surface area (Å²) >= 11 is 0. The lowest BCUT2D eigenvalue weighted by molar-refractivity contribution is 0.0315.